The van der Waals surface area contributed by atoms with Crippen molar-refractivity contribution < 1.29 is 10.1 Å². The summed E-state index contributed by atoms with van der Waals surface area (Å²) in [5.74, 6) is 0.184. The van der Waals surface area contributed by atoms with Crippen molar-refractivity contribution in [3.05, 3.63) is 87.6 Å². The predicted octanol–water partition coefficient (Wildman–Crippen LogP) is 3.30. The van der Waals surface area contributed by atoms with Crippen LogP contribution in [0.2, 0.25) is 0 Å². The Morgan fingerprint density at radius 1 is 1.12 bits per heavy atom. The smallest absolute Gasteiger partial charge is 0.282 e. The zero-order chi connectivity index (χ0) is 17.9. The third-order valence-electron chi connectivity index (χ3n) is 5.00. The zero-order valence-corrected chi connectivity index (χ0v) is 15.7. The van der Waals surface area contributed by atoms with Crippen LogP contribution in [0.25, 0.3) is 0 Å². The van der Waals surface area contributed by atoms with Crippen molar-refractivity contribution in [2.24, 2.45) is 0 Å². The molecule has 2 N–H and O–H groups in total. The number of benzene rings is 2. The number of rotatable bonds is 5. The quantitative estimate of drug-likeness (QED) is 0.742. The first kappa shape index (κ1) is 17.0. The van der Waals surface area contributed by atoms with Crippen LogP contribution >= 0.6 is 11.3 Å². The number of anilines is 1. The number of carbonyl (C=O) groups excluding carboxylic acids is 1. The lowest BCUT2D eigenvalue weighted by molar-refractivity contribution is -0.676. The molecule has 1 atom stereocenters. The Morgan fingerprint density at radius 2 is 1.92 bits per heavy atom. The van der Waals surface area contributed by atoms with E-state index in [0.29, 0.717) is 6.54 Å². The van der Waals surface area contributed by atoms with Crippen molar-refractivity contribution in [1.82, 2.24) is 0 Å². The Kier molecular flexibility index (Phi) is 4.87. The van der Waals surface area contributed by atoms with Crippen LogP contribution in [0.1, 0.15) is 27.6 Å². The van der Waals surface area contributed by atoms with Gasteiger partial charge in [0.1, 0.15) is 6.04 Å². The standard InChI is InChI=1S/C22H22N2OS/c1-16-8-10-18(11-9-16)22(20-7-4-14-26-20)23-15-21(25)24-13-12-17-5-2-3-6-19(17)24/h2-11,14,22-23H,12-13,15H2,1H3/p+1/t22-/m1/s1. The van der Waals surface area contributed by atoms with Crippen LogP contribution in [0.5, 0.6) is 0 Å². The summed E-state index contributed by atoms with van der Waals surface area (Å²) in [6, 6.07) is 21.2. The maximum Gasteiger partial charge on any atom is 0.282 e. The van der Waals surface area contributed by atoms with E-state index in [1.807, 2.05) is 17.0 Å². The lowest BCUT2D eigenvalue weighted by atomic mass is 10.0. The minimum Gasteiger partial charge on any atom is -0.328 e. The summed E-state index contributed by atoms with van der Waals surface area (Å²) < 4.78 is 0. The van der Waals surface area contributed by atoms with E-state index in [2.05, 4.69) is 66.2 Å². The molecule has 4 heteroatoms. The third kappa shape index (κ3) is 3.43. The van der Waals surface area contributed by atoms with Crippen molar-refractivity contribution >= 4 is 22.9 Å². The van der Waals surface area contributed by atoms with Gasteiger partial charge in [0.25, 0.3) is 5.91 Å². The van der Waals surface area contributed by atoms with Crippen LogP contribution < -0.4 is 10.2 Å². The number of fused-ring (bicyclic) bond motifs is 1. The van der Waals surface area contributed by atoms with E-state index < -0.39 is 0 Å². The summed E-state index contributed by atoms with van der Waals surface area (Å²) in [5.41, 5.74) is 4.85. The summed E-state index contributed by atoms with van der Waals surface area (Å²) in [5, 5.41) is 4.27. The maximum absolute atomic E-state index is 12.9. The molecule has 1 aliphatic heterocycles. The van der Waals surface area contributed by atoms with Gasteiger partial charge in [0, 0.05) is 17.8 Å². The van der Waals surface area contributed by atoms with Crippen LogP contribution in [-0.2, 0) is 11.2 Å². The molecule has 3 nitrogen and oxygen atoms in total. The molecule has 0 spiro atoms. The Bertz CT molecular complexity index is 887. The molecule has 3 aromatic rings. The summed E-state index contributed by atoms with van der Waals surface area (Å²) in [4.78, 5) is 16.1. The van der Waals surface area contributed by atoms with Crippen molar-refractivity contribution in [2.45, 2.75) is 19.4 Å². The fraction of sp³-hybridized carbons (Fsp3) is 0.227. The third-order valence-corrected chi connectivity index (χ3v) is 5.96. The van der Waals surface area contributed by atoms with Crippen LogP contribution in [-0.4, -0.2) is 19.0 Å². The molecule has 1 aliphatic rings. The van der Waals surface area contributed by atoms with Crippen LogP contribution in [0, 0.1) is 6.92 Å². The minimum atomic E-state index is 0.164. The number of hydrogen-bond donors (Lipinski definition) is 1. The van der Waals surface area contributed by atoms with Gasteiger partial charge in [-0.05, 0) is 36.4 Å². The number of quaternary nitrogens is 1. The number of hydrogen-bond acceptors (Lipinski definition) is 2. The lowest BCUT2D eigenvalue weighted by Gasteiger charge is -2.19. The first-order valence-electron chi connectivity index (χ1n) is 9.04. The normalized spacial score (nSPS) is 14.3. The highest BCUT2D eigenvalue weighted by Crippen LogP contribution is 2.27. The Morgan fingerprint density at radius 3 is 2.69 bits per heavy atom. The van der Waals surface area contributed by atoms with Crippen molar-refractivity contribution in [3.63, 3.8) is 0 Å². The average Bonchev–Trinajstić information content (AvgIpc) is 3.33. The van der Waals surface area contributed by atoms with E-state index in [9.17, 15) is 4.79 Å². The molecule has 4 rings (SSSR count). The van der Waals surface area contributed by atoms with Gasteiger partial charge in [0.2, 0.25) is 0 Å². The van der Waals surface area contributed by atoms with E-state index in [-0.39, 0.29) is 11.9 Å². The Balaban J connectivity index is 1.50. The van der Waals surface area contributed by atoms with Gasteiger partial charge in [-0.25, -0.2) is 0 Å². The second kappa shape index (κ2) is 7.44. The summed E-state index contributed by atoms with van der Waals surface area (Å²) in [6.07, 6.45) is 0.953. The molecule has 0 saturated heterocycles. The van der Waals surface area contributed by atoms with E-state index in [1.54, 1.807) is 11.3 Å². The van der Waals surface area contributed by atoms with Gasteiger partial charge in [-0.1, -0.05) is 54.1 Å². The van der Waals surface area contributed by atoms with Crippen LogP contribution in [0.3, 0.4) is 0 Å². The molecule has 0 radical (unpaired) electrons. The van der Waals surface area contributed by atoms with Gasteiger partial charge in [0.15, 0.2) is 6.54 Å². The second-order valence-corrected chi connectivity index (χ2v) is 7.75. The molecular formula is C22H23N2OS+. The predicted molar refractivity (Wildman–Crippen MR) is 107 cm³/mol. The summed E-state index contributed by atoms with van der Waals surface area (Å²) in [6.45, 7) is 3.34. The highest BCUT2D eigenvalue weighted by atomic mass is 32.1. The zero-order valence-electron chi connectivity index (χ0n) is 14.9. The lowest BCUT2D eigenvalue weighted by Crippen LogP contribution is -2.87. The molecule has 2 heterocycles. The largest absolute Gasteiger partial charge is 0.328 e. The van der Waals surface area contributed by atoms with E-state index in [1.165, 1.54) is 21.6 Å². The number of carbonyl (C=O) groups is 1. The van der Waals surface area contributed by atoms with E-state index in [4.69, 9.17) is 0 Å². The number of nitrogens with zero attached hydrogens (tertiary/aromatic N) is 1. The van der Waals surface area contributed by atoms with Crippen molar-refractivity contribution in [1.29, 1.82) is 0 Å². The topological polar surface area (TPSA) is 36.9 Å². The highest BCUT2D eigenvalue weighted by Gasteiger charge is 2.27. The molecule has 0 aliphatic carbocycles. The van der Waals surface area contributed by atoms with Gasteiger partial charge in [-0.3, -0.25) is 4.79 Å². The molecular weight excluding hydrogens is 340 g/mol. The number of aryl methyl sites for hydroxylation is 1. The molecule has 132 valence electrons. The summed E-state index contributed by atoms with van der Waals surface area (Å²) >= 11 is 1.75. The minimum absolute atomic E-state index is 0.164. The van der Waals surface area contributed by atoms with E-state index >= 15 is 0 Å². The molecule has 0 fully saturated rings. The van der Waals surface area contributed by atoms with Crippen molar-refractivity contribution in [3.8, 4) is 0 Å². The number of nitrogens with two attached hydrogens (primary N) is 1. The van der Waals surface area contributed by atoms with Gasteiger partial charge < -0.3 is 10.2 Å². The first-order valence-corrected chi connectivity index (χ1v) is 9.92. The van der Waals surface area contributed by atoms with Gasteiger partial charge in [-0.15, -0.1) is 11.3 Å². The molecule has 26 heavy (non-hydrogen) atoms. The molecule has 2 aromatic carbocycles. The Hall–Kier alpha value is -2.43. The molecule has 0 bridgehead atoms. The molecule has 0 unspecified atom stereocenters. The fourth-order valence-electron chi connectivity index (χ4n) is 3.58. The fourth-order valence-corrected chi connectivity index (χ4v) is 4.44. The summed E-state index contributed by atoms with van der Waals surface area (Å²) in [7, 11) is 0. The van der Waals surface area contributed by atoms with Crippen LogP contribution in [0.4, 0.5) is 5.69 Å². The van der Waals surface area contributed by atoms with E-state index in [0.717, 1.165) is 18.7 Å². The highest BCUT2D eigenvalue weighted by molar-refractivity contribution is 7.10. The van der Waals surface area contributed by atoms with Gasteiger partial charge >= 0.3 is 0 Å². The maximum atomic E-state index is 12.9. The monoisotopic (exact) mass is 363 g/mol. The Labute approximate surface area is 158 Å². The van der Waals surface area contributed by atoms with Crippen molar-refractivity contribution in [2.75, 3.05) is 18.0 Å². The second-order valence-electron chi connectivity index (χ2n) is 6.77. The van der Waals surface area contributed by atoms with Gasteiger partial charge in [0.05, 0.1) is 4.88 Å². The number of amides is 1. The van der Waals surface area contributed by atoms with Gasteiger partial charge in [-0.2, -0.15) is 0 Å². The number of thiophene rings is 1. The number of para-hydroxylation sites is 1. The SMILES string of the molecule is Cc1ccc([C@@H]([NH2+]CC(=O)N2CCc3ccccc32)c2cccs2)cc1. The first-order chi connectivity index (χ1) is 12.7. The molecule has 0 saturated carbocycles. The van der Waals surface area contributed by atoms with Crippen LogP contribution in [0.15, 0.2) is 66.0 Å². The molecule has 1 aromatic heterocycles. The molecule has 1 amide bonds. The average molecular weight is 364 g/mol.